The fourth-order valence-electron chi connectivity index (χ4n) is 3.81. The molecule has 1 aliphatic rings. The van der Waals surface area contributed by atoms with Crippen molar-refractivity contribution >= 4 is 23.0 Å². The number of carbonyl (C=O) groups is 1. The summed E-state index contributed by atoms with van der Waals surface area (Å²) in [6.45, 7) is 5.07. The lowest BCUT2D eigenvalue weighted by atomic mass is 10.0. The highest BCUT2D eigenvalue weighted by molar-refractivity contribution is 6.03. The average Bonchev–Trinajstić information content (AvgIpc) is 3.14. The van der Waals surface area contributed by atoms with E-state index in [2.05, 4.69) is 15.2 Å². The quantitative estimate of drug-likeness (QED) is 0.548. The third-order valence-corrected chi connectivity index (χ3v) is 5.33. The Balaban J connectivity index is 1.35. The van der Waals surface area contributed by atoms with Gasteiger partial charge >= 0.3 is 0 Å². The smallest absolute Gasteiger partial charge is 0.295 e. The number of aromatic nitrogens is 1. The molecule has 30 heavy (non-hydrogen) atoms. The molecule has 2 heterocycles. The largest absolute Gasteiger partial charge is 0.504 e. The number of hydrogen-bond donors (Lipinski definition) is 3. The number of phenols is 1. The number of amides is 1. The average molecular weight is 410 g/mol. The number of nitrogens with zero attached hydrogens (tertiary/aromatic N) is 2. The van der Waals surface area contributed by atoms with E-state index < -0.39 is 5.91 Å². The van der Waals surface area contributed by atoms with Crippen molar-refractivity contribution in [1.82, 2.24) is 9.88 Å². The number of piperidine rings is 1. The number of nitrogens with two attached hydrogens (primary N) is 1. The van der Waals surface area contributed by atoms with Crippen molar-refractivity contribution in [3.8, 4) is 11.5 Å². The standard InChI is InChI=1S/C22H26N4O4/c1-2-29-19-12-14(6-7-17(19)27)13-26-10-8-15(9-11-26)24-22-25-20-16(21(23)28)4-3-5-18(20)30-22/h3-7,12,15,27H,2,8-11,13H2,1H3,(H2,23,28)(H,24,25). The van der Waals surface area contributed by atoms with E-state index in [4.69, 9.17) is 14.9 Å². The van der Waals surface area contributed by atoms with Gasteiger partial charge in [0.1, 0.15) is 5.52 Å². The summed E-state index contributed by atoms with van der Waals surface area (Å²) in [6, 6.07) is 11.3. The molecule has 8 heteroatoms. The van der Waals surface area contributed by atoms with Gasteiger partial charge in [0.05, 0.1) is 12.2 Å². The van der Waals surface area contributed by atoms with Crippen LogP contribution in [0.5, 0.6) is 11.5 Å². The van der Waals surface area contributed by atoms with Gasteiger partial charge in [0.25, 0.3) is 11.9 Å². The zero-order chi connectivity index (χ0) is 21.1. The first-order chi connectivity index (χ1) is 14.5. The molecule has 0 aliphatic carbocycles. The summed E-state index contributed by atoms with van der Waals surface area (Å²) in [7, 11) is 0. The number of ether oxygens (including phenoxy) is 1. The topological polar surface area (TPSA) is 114 Å². The van der Waals surface area contributed by atoms with Crippen LogP contribution >= 0.6 is 0 Å². The molecular formula is C22H26N4O4. The van der Waals surface area contributed by atoms with Crippen LogP contribution in [0, 0.1) is 0 Å². The van der Waals surface area contributed by atoms with E-state index in [9.17, 15) is 9.90 Å². The number of phenolic OH excluding ortho intramolecular Hbond substituents is 1. The second-order valence-electron chi connectivity index (χ2n) is 7.47. The number of rotatable bonds is 7. The molecule has 3 aromatic rings. The van der Waals surface area contributed by atoms with Crippen LogP contribution in [0.15, 0.2) is 40.8 Å². The Morgan fingerprint density at radius 3 is 2.87 bits per heavy atom. The molecule has 0 spiro atoms. The highest BCUT2D eigenvalue weighted by Crippen LogP contribution is 2.28. The number of oxazole rings is 1. The number of primary amides is 1. The summed E-state index contributed by atoms with van der Waals surface area (Å²) in [6.07, 6.45) is 1.88. The van der Waals surface area contributed by atoms with Crippen molar-refractivity contribution in [2.75, 3.05) is 25.0 Å². The van der Waals surface area contributed by atoms with Gasteiger partial charge < -0.3 is 25.3 Å². The maximum atomic E-state index is 11.6. The van der Waals surface area contributed by atoms with Crippen molar-refractivity contribution in [3.63, 3.8) is 0 Å². The maximum absolute atomic E-state index is 11.6. The second-order valence-corrected chi connectivity index (χ2v) is 7.47. The zero-order valence-corrected chi connectivity index (χ0v) is 16.9. The minimum atomic E-state index is -0.518. The molecule has 0 unspecified atom stereocenters. The van der Waals surface area contributed by atoms with Gasteiger partial charge in [-0.1, -0.05) is 12.1 Å². The van der Waals surface area contributed by atoms with Gasteiger partial charge in [-0.3, -0.25) is 9.69 Å². The highest BCUT2D eigenvalue weighted by Gasteiger charge is 2.22. The van der Waals surface area contributed by atoms with Gasteiger partial charge in [-0.05, 0) is 49.6 Å². The molecule has 1 saturated heterocycles. The number of para-hydroxylation sites is 1. The van der Waals surface area contributed by atoms with Crippen LogP contribution in [-0.4, -0.2) is 46.6 Å². The first-order valence-corrected chi connectivity index (χ1v) is 10.2. The summed E-state index contributed by atoms with van der Waals surface area (Å²) in [5.41, 5.74) is 7.92. The molecule has 4 rings (SSSR count). The van der Waals surface area contributed by atoms with Crippen LogP contribution in [0.2, 0.25) is 0 Å². The van der Waals surface area contributed by atoms with Crippen molar-refractivity contribution in [2.45, 2.75) is 32.4 Å². The lowest BCUT2D eigenvalue weighted by molar-refractivity contribution is 0.100. The predicted octanol–water partition coefficient (Wildman–Crippen LogP) is 3.11. The Morgan fingerprint density at radius 2 is 2.13 bits per heavy atom. The first-order valence-electron chi connectivity index (χ1n) is 10.2. The maximum Gasteiger partial charge on any atom is 0.295 e. The molecular weight excluding hydrogens is 384 g/mol. The second kappa shape index (κ2) is 8.62. The molecule has 2 aromatic carbocycles. The van der Waals surface area contributed by atoms with Crippen molar-refractivity contribution in [2.24, 2.45) is 5.73 Å². The Bertz CT molecular complexity index is 1040. The Morgan fingerprint density at radius 1 is 1.33 bits per heavy atom. The van der Waals surface area contributed by atoms with E-state index in [-0.39, 0.29) is 11.8 Å². The van der Waals surface area contributed by atoms with Crippen molar-refractivity contribution < 1.29 is 19.1 Å². The summed E-state index contributed by atoms with van der Waals surface area (Å²) in [4.78, 5) is 18.4. The minimum absolute atomic E-state index is 0.168. The third kappa shape index (κ3) is 4.33. The monoisotopic (exact) mass is 410 g/mol. The van der Waals surface area contributed by atoms with Crippen LogP contribution in [0.3, 0.4) is 0 Å². The van der Waals surface area contributed by atoms with Gasteiger partial charge in [-0.2, -0.15) is 4.98 Å². The molecule has 0 bridgehead atoms. The highest BCUT2D eigenvalue weighted by atomic mass is 16.5. The minimum Gasteiger partial charge on any atom is -0.504 e. The number of aromatic hydroxyl groups is 1. The number of fused-ring (bicyclic) bond motifs is 1. The van der Waals surface area contributed by atoms with Crippen molar-refractivity contribution in [1.29, 1.82) is 0 Å². The lowest BCUT2D eigenvalue weighted by Gasteiger charge is -2.32. The fourth-order valence-corrected chi connectivity index (χ4v) is 3.81. The number of nitrogens with one attached hydrogen (secondary N) is 1. The van der Waals surface area contributed by atoms with E-state index in [1.165, 1.54) is 0 Å². The van der Waals surface area contributed by atoms with Crippen LogP contribution < -0.4 is 15.8 Å². The molecule has 1 aliphatic heterocycles. The van der Waals surface area contributed by atoms with E-state index in [1.807, 2.05) is 19.1 Å². The molecule has 158 valence electrons. The number of hydrogen-bond acceptors (Lipinski definition) is 7. The first kappa shape index (κ1) is 20.0. The fraction of sp³-hybridized carbons (Fsp3) is 0.364. The van der Waals surface area contributed by atoms with E-state index in [0.717, 1.165) is 38.0 Å². The molecule has 1 amide bonds. The lowest BCUT2D eigenvalue weighted by Crippen LogP contribution is -2.38. The Labute approximate surface area is 174 Å². The summed E-state index contributed by atoms with van der Waals surface area (Å²) in [5.74, 6) is 0.176. The molecule has 8 nitrogen and oxygen atoms in total. The number of carbonyl (C=O) groups excluding carboxylic acids is 1. The Hall–Kier alpha value is -3.26. The molecule has 0 radical (unpaired) electrons. The van der Waals surface area contributed by atoms with Crippen molar-refractivity contribution in [3.05, 3.63) is 47.5 Å². The van der Waals surface area contributed by atoms with Crippen LogP contribution in [0.1, 0.15) is 35.7 Å². The van der Waals surface area contributed by atoms with Crippen LogP contribution in [0.4, 0.5) is 6.01 Å². The normalized spacial score (nSPS) is 15.4. The molecule has 4 N–H and O–H groups in total. The zero-order valence-electron chi connectivity index (χ0n) is 16.9. The molecule has 0 saturated carbocycles. The summed E-state index contributed by atoms with van der Waals surface area (Å²) in [5, 5.41) is 13.2. The van der Waals surface area contributed by atoms with E-state index in [0.29, 0.717) is 35.0 Å². The number of benzene rings is 2. The van der Waals surface area contributed by atoms with E-state index >= 15 is 0 Å². The number of likely N-dealkylation sites (tertiary alicyclic amines) is 1. The molecule has 0 atom stereocenters. The van der Waals surface area contributed by atoms with Crippen LogP contribution in [0.25, 0.3) is 11.1 Å². The summed E-state index contributed by atoms with van der Waals surface area (Å²) < 4.78 is 11.2. The van der Waals surface area contributed by atoms with Gasteiger partial charge in [0.2, 0.25) is 0 Å². The van der Waals surface area contributed by atoms with Gasteiger partial charge in [-0.15, -0.1) is 0 Å². The SMILES string of the molecule is CCOc1cc(CN2CCC(Nc3nc4c(C(N)=O)cccc4o3)CC2)ccc1O. The van der Waals surface area contributed by atoms with Gasteiger partial charge in [0.15, 0.2) is 17.1 Å². The van der Waals surface area contributed by atoms with Gasteiger partial charge in [-0.25, -0.2) is 0 Å². The van der Waals surface area contributed by atoms with E-state index in [1.54, 1.807) is 24.3 Å². The molecule has 1 fully saturated rings. The van der Waals surface area contributed by atoms with Crippen LogP contribution in [-0.2, 0) is 6.54 Å². The third-order valence-electron chi connectivity index (χ3n) is 5.33. The predicted molar refractivity (Wildman–Crippen MR) is 114 cm³/mol. The molecule has 1 aromatic heterocycles. The number of anilines is 1. The van der Waals surface area contributed by atoms with Gasteiger partial charge in [0, 0.05) is 25.7 Å². The summed E-state index contributed by atoms with van der Waals surface area (Å²) >= 11 is 0. The Kier molecular flexibility index (Phi) is 5.76.